The van der Waals surface area contributed by atoms with Gasteiger partial charge in [0.25, 0.3) is 0 Å². The van der Waals surface area contributed by atoms with E-state index in [1.54, 1.807) is 7.11 Å². The summed E-state index contributed by atoms with van der Waals surface area (Å²) in [4.78, 5) is 15.3. The van der Waals surface area contributed by atoms with Crippen LogP contribution in [-0.2, 0) is 11.2 Å². The van der Waals surface area contributed by atoms with Crippen LogP contribution in [0.25, 0.3) is 0 Å². The molecule has 0 radical (unpaired) electrons. The van der Waals surface area contributed by atoms with Crippen LogP contribution in [0.3, 0.4) is 0 Å². The van der Waals surface area contributed by atoms with Crippen LogP contribution in [0.1, 0.15) is 28.3 Å². The van der Waals surface area contributed by atoms with Crippen LogP contribution in [0.5, 0.6) is 17.2 Å². The Morgan fingerprint density at radius 3 is 2.81 bits per heavy atom. The van der Waals surface area contributed by atoms with Gasteiger partial charge in [0.15, 0.2) is 11.5 Å². The van der Waals surface area contributed by atoms with Crippen LogP contribution >= 0.6 is 0 Å². The molecule has 142 valence electrons. The number of carbonyl (C=O) groups excluding carboxylic acids is 1. The first-order chi connectivity index (χ1) is 13.0. The second-order valence-corrected chi connectivity index (χ2v) is 7.16. The normalized spacial score (nSPS) is 18.1. The van der Waals surface area contributed by atoms with Crippen molar-refractivity contribution in [1.29, 1.82) is 0 Å². The predicted octanol–water partition coefficient (Wildman–Crippen LogP) is 3.21. The van der Waals surface area contributed by atoms with E-state index in [1.807, 2.05) is 44.0 Å². The molecular formula is C21H24N2O4. The van der Waals surface area contributed by atoms with Gasteiger partial charge in [-0.15, -0.1) is 0 Å². The van der Waals surface area contributed by atoms with Crippen molar-refractivity contribution in [3.05, 3.63) is 46.5 Å². The molecule has 1 amide bonds. The van der Waals surface area contributed by atoms with E-state index in [1.165, 1.54) is 5.56 Å². The fraction of sp³-hybridized carbons (Fsp3) is 0.381. The maximum absolute atomic E-state index is 13.3. The van der Waals surface area contributed by atoms with Gasteiger partial charge in [-0.2, -0.15) is 0 Å². The second-order valence-electron chi connectivity index (χ2n) is 7.16. The van der Waals surface area contributed by atoms with Crippen LogP contribution in [0.4, 0.5) is 5.69 Å². The van der Waals surface area contributed by atoms with Gasteiger partial charge in [-0.25, -0.2) is 0 Å². The molecule has 0 saturated heterocycles. The summed E-state index contributed by atoms with van der Waals surface area (Å²) in [6.07, 6.45) is 0.826. The lowest BCUT2D eigenvalue weighted by molar-refractivity contribution is -0.121. The van der Waals surface area contributed by atoms with Crippen molar-refractivity contribution in [2.45, 2.75) is 26.3 Å². The summed E-state index contributed by atoms with van der Waals surface area (Å²) in [5.74, 6) is 1.77. The maximum atomic E-state index is 13.3. The number of hydrogen-bond acceptors (Lipinski definition) is 5. The zero-order chi connectivity index (χ0) is 19.1. The van der Waals surface area contributed by atoms with E-state index in [2.05, 4.69) is 11.4 Å². The van der Waals surface area contributed by atoms with Gasteiger partial charge in [0.1, 0.15) is 6.04 Å². The number of hydrogen-bond donors (Lipinski definition) is 1. The van der Waals surface area contributed by atoms with Crippen LogP contribution in [0, 0.1) is 13.8 Å². The van der Waals surface area contributed by atoms with Crippen LogP contribution < -0.4 is 19.5 Å². The highest BCUT2D eigenvalue weighted by Crippen LogP contribution is 2.49. The monoisotopic (exact) mass is 368 g/mol. The molecule has 2 aliphatic heterocycles. The number of fused-ring (bicyclic) bond motifs is 2. The SMILES string of the molecule is COc1c2c(cc3c1[C@@H](C(=O)Nc1ccc(C)cc1C)N(C)CC3)OCO2. The smallest absolute Gasteiger partial charge is 0.246 e. The first-order valence-corrected chi connectivity index (χ1v) is 9.07. The number of rotatable bonds is 3. The van der Waals surface area contributed by atoms with Crippen LogP contribution in [-0.4, -0.2) is 38.3 Å². The van der Waals surface area contributed by atoms with Crippen molar-refractivity contribution >= 4 is 11.6 Å². The third kappa shape index (κ3) is 3.00. The van der Waals surface area contributed by atoms with E-state index in [9.17, 15) is 4.79 Å². The van der Waals surface area contributed by atoms with Crippen molar-refractivity contribution in [2.75, 3.05) is 32.8 Å². The zero-order valence-electron chi connectivity index (χ0n) is 16.1. The number of amides is 1. The molecular weight excluding hydrogens is 344 g/mol. The van der Waals surface area contributed by atoms with Gasteiger partial charge in [0.05, 0.1) is 7.11 Å². The highest BCUT2D eigenvalue weighted by molar-refractivity contribution is 5.97. The van der Waals surface area contributed by atoms with E-state index >= 15 is 0 Å². The van der Waals surface area contributed by atoms with Gasteiger partial charge >= 0.3 is 0 Å². The topological polar surface area (TPSA) is 60.0 Å². The van der Waals surface area contributed by atoms with E-state index in [0.717, 1.165) is 35.3 Å². The summed E-state index contributed by atoms with van der Waals surface area (Å²) in [5, 5.41) is 3.09. The van der Waals surface area contributed by atoms with Crippen molar-refractivity contribution in [3.63, 3.8) is 0 Å². The van der Waals surface area contributed by atoms with E-state index in [-0.39, 0.29) is 12.7 Å². The average Bonchev–Trinajstić information content (AvgIpc) is 3.10. The second kappa shape index (κ2) is 6.78. The number of nitrogens with zero attached hydrogens (tertiary/aromatic N) is 1. The minimum Gasteiger partial charge on any atom is -0.492 e. The molecule has 0 spiro atoms. The molecule has 0 fully saturated rings. The Morgan fingerprint density at radius 1 is 1.26 bits per heavy atom. The Labute approximate surface area is 159 Å². The summed E-state index contributed by atoms with van der Waals surface area (Å²) in [6, 6.07) is 7.53. The number of methoxy groups -OCH3 is 1. The molecule has 2 aliphatic rings. The Hall–Kier alpha value is -2.73. The average molecular weight is 368 g/mol. The molecule has 0 bridgehead atoms. The van der Waals surface area contributed by atoms with Gasteiger partial charge in [0.2, 0.25) is 18.4 Å². The van der Waals surface area contributed by atoms with Gasteiger partial charge < -0.3 is 19.5 Å². The Bertz CT molecular complexity index is 910. The first-order valence-electron chi connectivity index (χ1n) is 9.07. The summed E-state index contributed by atoms with van der Waals surface area (Å²) in [7, 11) is 3.56. The number of carbonyl (C=O) groups is 1. The lowest BCUT2D eigenvalue weighted by atomic mass is 9.90. The van der Waals surface area contributed by atoms with Gasteiger partial charge in [0, 0.05) is 17.8 Å². The highest BCUT2D eigenvalue weighted by Gasteiger charge is 2.37. The maximum Gasteiger partial charge on any atom is 0.246 e. The number of ether oxygens (including phenoxy) is 3. The van der Waals surface area contributed by atoms with Gasteiger partial charge in [-0.1, -0.05) is 17.7 Å². The minimum absolute atomic E-state index is 0.0810. The Balaban J connectivity index is 1.74. The molecule has 0 unspecified atom stereocenters. The molecule has 6 heteroatoms. The quantitative estimate of drug-likeness (QED) is 0.902. The summed E-state index contributed by atoms with van der Waals surface area (Å²) in [5.41, 5.74) is 4.96. The molecule has 1 N–H and O–H groups in total. The van der Waals surface area contributed by atoms with E-state index in [4.69, 9.17) is 14.2 Å². The molecule has 1 atom stereocenters. The van der Waals surface area contributed by atoms with Gasteiger partial charge in [-0.3, -0.25) is 9.69 Å². The lowest BCUT2D eigenvalue weighted by Crippen LogP contribution is -2.40. The molecule has 27 heavy (non-hydrogen) atoms. The number of anilines is 1. The van der Waals surface area contributed by atoms with Gasteiger partial charge in [-0.05, 0) is 50.6 Å². The fourth-order valence-electron chi connectivity index (χ4n) is 3.92. The molecule has 2 aromatic rings. The fourth-order valence-corrected chi connectivity index (χ4v) is 3.92. The minimum atomic E-state index is -0.459. The largest absolute Gasteiger partial charge is 0.492 e. The summed E-state index contributed by atoms with van der Waals surface area (Å²) < 4.78 is 16.8. The van der Waals surface area contributed by atoms with Crippen molar-refractivity contribution in [3.8, 4) is 17.2 Å². The molecule has 0 aromatic heterocycles. The van der Waals surface area contributed by atoms with E-state index in [0.29, 0.717) is 17.2 Å². The zero-order valence-corrected chi connectivity index (χ0v) is 16.1. The number of nitrogens with one attached hydrogen (secondary N) is 1. The van der Waals surface area contributed by atoms with Crippen LogP contribution in [0.15, 0.2) is 24.3 Å². The molecule has 6 nitrogen and oxygen atoms in total. The number of benzene rings is 2. The van der Waals surface area contributed by atoms with Crippen molar-refractivity contribution < 1.29 is 19.0 Å². The molecule has 2 heterocycles. The molecule has 2 aromatic carbocycles. The molecule has 0 aliphatic carbocycles. The Morgan fingerprint density at radius 2 is 2.07 bits per heavy atom. The molecule has 4 rings (SSSR count). The first kappa shape index (κ1) is 17.7. The standard InChI is InChI=1S/C21H24N2O4/c1-12-5-6-15(13(2)9-12)22-21(24)18-17-14(7-8-23(18)3)10-16-19(20(17)25-4)27-11-26-16/h5-6,9-10,18H,7-8,11H2,1-4H3,(H,22,24)/t18-/m0/s1. The summed E-state index contributed by atoms with van der Waals surface area (Å²) >= 11 is 0. The molecule has 0 saturated carbocycles. The third-order valence-corrected chi connectivity index (χ3v) is 5.28. The lowest BCUT2D eigenvalue weighted by Gasteiger charge is -2.34. The van der Waals surface area contributed by atoms with Crippen molar-refractivity contribution in [1.82, 2.24) is 4.90 Å². The van der Waals surface area contributed by atoms with Crippen LogP contribution in [0.2, 0.25) is 0 Å². The third-order valence-electron chi connectivity index (χ3n) is 5.28. The Kier molecular flexibility index (Phi) is 4.44. The number of aryl methyl sites for hydroxylation is 2. The highest BCUT2D eigenvalue weighted by atomic mass is 16.7. The van der Waals surface area contributed by atoms with E-state index < -0.39 is 6.04 Å². The predicted molar refractivity (Wildman–Crippen MR) is 103 cm³/mol. The van der Waals surface area contributed by atoms with Crippen molar-refractivity contribution in [2.24, 2.45) is 0 Å². The number of likely N-dealkylation sites (N-methyl/N-ethyl adjacent to an activating group) is 1. The summed E-state index contributed by atoms with van der Waals surface area (Å²) in [6.45, 7) is 4.99.